The van der Waals surface area contributed by atoms with Crippen LogP contribution < -0.4 is 10.1 Å². The average molecular weight is 428 g/mol. The molecule has 0 fully saturated rings. The van der Waals surface area contributed by atoms with Crippen LogP contribution in [0.1, 0.15) is 53.0 Å². The van der Waals surface area contributed by atoms with E-state index in [0.29, 0.717) is 6.61 Å². The summed E-state index contributed by atoms with van der Waals surface area (Å²) in [6, 6.07) is 24.7. The third-order valence-corrected chi connectivity index (χ3v) is 7.14. The molecule has 0 spiro atoms. The number of carbonyl (C=O) groups excluding carboxylic acids is 1. The minimum atomic E-state index is -0.0312. The Morgan fingerprint density at radius 3 is 2.58 bits per heavy atom. The van der Waals surface area contributed by atoms with Crippen LogP contribution in [-0.4, -0.2) is 12.5 Å². The number of thiophene rings is 1. The smallest absolute Gasteiger partial charge is 0.262 e. The molecule has 1 aliphatic heterocycles. The highest BCUT2D eigenvalue weighted by atomic mass is 32.1. The summed E-state index contributed by atoms with van der Waals surface area (Å²) in [6.45, 7) is 4.94. The van der Waals surface area contributed by atoms with E-state index in [-0.39, 0.29) is 17.9 Å². The highest BCUT2D eigenvalue weighted by Crippen LogP contribution is 2.42. The van der Waals surface area contributed by atoms with Crippen LogP contribution in [0.25, 0.3) is 21.2 Å². The number of amides is 1. The maximum atomic E-state index is 13.5. The van der Waals surface area contributed by atoms with Crippen molar-refractivity contribution in [2.45, 2.75) is 32.2 Å². The van der Waals surface area contributed by atoms with Gasteiger partial charge in [0.05, 0.1) is 17.5 Å². The molecule has 0 bridgehead atoms. The normalized spacial score (nSPS) is 15.5. The second-order valence-electron chi connectivity index (χ2n) is 8.25. The number of benzene rings is 3. The van der Waals surface area contributed by atoms with E-state index >= 15 is 0 Å². The van der Waals surface area contributed by atoms with Crippen molar-refractivity contribution >= 4 is 27.3 Å². The zero-order chi connectivity index (χ0) is 21.4. The van der Waals surface area contributed by atoms with Crippen LogP contribution in [-0.2, 0) is 0 Å². The van der Waals surface area contributed by atoms with Gasteiger partial charge in [-0.25, -0.2) is 0 Å². The summed E-state index contributed by atoms with van der Waals surface area (Å²) in [7, 11) is 0. The van der Waals surface area contributed by atoms with E-state index in [2.05, 4.69) is 61.6 Å². The number of fused-ring (bicyclic) bond motifs is 2. The molecule has 1 amide bonds. The SMILES string of the molecule is CC(C)c1c(C(=O)N[C@H]2CCOc3ccccc32)sc2c(-c3ccccc3)cccc12. The van der Waals surface area contributed by atoms with E-state index in [0.717, 1.165) is 28.2 Å². The van der Waals surface area contributed by atoms with Gasteiger partial charge in [0.2, 0.25) is 0 Å². The quantitative estimate of drug-likeness (QED) is 0.383. The van der Waals surface area contributed by atoms with E-state index < -0.39 is 0 Å². The van der Waals surface area contributed by atoms with Gasteiger partial charge in [-0.1, -0.05) is 80.6 Å². The van der Waals surface area contributed by atoms with Gasteiger partial charge in [-0.15, -0.1) is 11.3 Å². The first-order valence-electron chi connectivity index (χ1n) is 10.8. The third-order valence-electron chi connectivity index (χ3n) is 5.89. The Kier molecular flexibility index (Phi) is 5.24. The first-order valence-corrected chi connectivity index (χ1v) is 11.6. The summed E-state index contributed by atoms with van der Waals surface area (Å²) in [5, 5.41) is 4.48. The summed E-state index contributed by atoms with van der Waals surface area (Å²) in [5.41, 5.74) is 4.55. The van der Waals surface area contributed by atoms with Crippen molar-refractivity contribution < 1.29 is 9.53 Å². The van der Waals surface area contributed by atoms with E-state index in [4.69, 9.17) is 4.74 Å². The van der Waals surface area contributed by atoms with Crippen molar-refractivity contribution in [3.8, 4) is 16.9 Å². The highest BCUT2D eigenvalue weighted by Gasteiger charge is 2.27. The van der Waals surface area contributed by atoms with Crippen molar-refractivity contribution in [1.82, 2.24) is 5.32 Å². The highest BCUT2D eigenvalue weighted by molar-refractivity contribution is 7.21. The molecule has 1 aromatic heterocycles. The van der Waals surface area contributed by atoms with Crippen molar-refractivity contribution in [3.05, 3.63) is 88.8 Å². The Labute approximate surface area is 186 Å². The Bertz CT molecular complexity index is 1240. The molecule has 31 heavy (non-hydrogen) atoms. The molecule has 5 rings (SSSR count). The zero-order valence-corrected chi connectivity index (χ0v) is 18.5. The minimum absolute atomic E-state index is 0.00520. The van der Waals surface area contributed by atoms with Crippen LogP contribution in [0.5, 0.6) is 5.75 Å². The summed E-state index contributed by atoms with van der Waals surface area (Å²) in [6.07, 6.45) is 0.778. The van der Waals surface area contributed by atoms with Gasteiger partial charge in [0.25, 0.3) is 5.91 Å². The van der Waals surface area contributed by atoms with Crippen LogP contribution in [0.4, 0.5) is 0 Å². The molecule has 0 saturated carbocycles. The lowest BCUT2D eigenvalue weighted by Gasteiger charge is -2.26. The van der Waals surface area contributed by atoms with E-state index in [1.54, 1.807) is 11.3 Å². The Morgan fingerprint density at radius 2 is 1.77 bits per heavy atom. The van der Waals surface area contributed by atoms with Gasteiger partial charge in [0.1, 0.15) is 5.75 Å². The summed E-state index contributed by atoms with van der Waals surface area (Å²) in [5.74, 6) is 1.12. The number of nitrogens with one attached hydrogen (secondary N) is 1. The van der Waals surface area contributed by atoms with Crippen LogP contribution in [0.15, 0.2) is 72.8 Å². The lowest BCUT2D eigenvalue weighted by molar-refractivity contribution is 0.0928. The van der Waals surface area contributed by atoms with Crippen LogP contribution in [0, 0.1) is 0 Å². The molecule has 0 saturated heterocycles. The van der Waals surface area contributed by atoms with Crippen LogP contribution >= 0.6 is 11.3 Å². The lowest BCUT2D eigenvalue weighted by Crippen LogP contribution is -2.32. The molecule has 4 heteroatoms. The van der Waals surface area contributed by atoms with Gasteiger partial charge in [-0.2, -0.15) is 0 Å². The topological polar surface area (TPSA) is 38.3 Å². The Hall–Kier alpha value is -3.11. The predicted molar refractivity (Wildman–Crippen MR) is 128 cm³/mol. The van der Waals surface area contributed by atoms with Gasteiger partial charge in [-0.05, 0) is 34.1 Å². The first-order chi connectivity index (χ1) is 15.1. The van der Waals surface area contributed by atoms with Gasteiger partial charge in [-0.3, -0.25) is 4.79 Å². The molecule has 0 aliphatic carbocycles. The molecule has 3 aromatic carbocycles. The molecule has 3 nitrogen and oxygen atoms in total. The Morgan fingerprint density at radius 1 is 1.00 bits per heavy atom. The summed E-state index contributed by atoms with van der Waals surface area (Å²) in [4.78, 5) is 14.3. The molecule has 1 atom stereocenters. The summed E-state index contributed by atoms with van der Waals surface area (Å²) >= 11 is 1.61. The lowest BCUT2D eigenvalue weighted by atomic mass is 9.96. The van der Waals surface area contributed by atoms with Crippen molar-refractivity contribution in [2.24, 2.45) is 0 Å². The fourth-order valence-electron chi connectivity index (χ4n) is 4.44. The number of rotatable bonds is 4. The monoisotopic (exact) mass is 427 g/mol. The van der Waals surface area contributed by atoms with Crippen molar-refractivity contribution in [3.63, 3.8) is 0 Å². The number of carbonyl (C=O) groups is 1. The number of hydrogen-bond acceptors (Lipinski definition) is 3. The van der Waals surface area contributed by atoms with Crippen molar-refractivity contribution in [2.75, 3.05) is 6.61 Å². The maximum Gasteiger partial charge on any atom is 0.262 e. The molecule has 156 valence electrons. The van der Waals surface area contributed by atoms with Gasteiger partial charge < -0.3 is 10.1 Å². The zero-order valence-electron chi connectivity index (χ0n) is 17.7. The van der Waals surface area contributed by atoms with Crippen molar-refractivity contribution in [1.29, 1.82) is 0 Å². The molecule has 0 radical (unpaired) electrons. The molecule has 4 aromatic rings. The Balaban J connectivity index is 1.57. The molecule has 0 unspecified atom stereocenters. The first kappa shape index (κ1) is 19.8. The predicted octanol–water partition coefficient (Wildman–Crippen LogP) is 6.95. The minimum Gasteiger partial charge on any atom is -0.493 e. The van der Waals surface area contributed by atoms with Gasteiger partial charge >= 0.3 is 0 Å². The molecule has 2 heterocycles. The third kappa shape index (κ3) is 3.61. The fourth-order valence-corrected chi connectivity index (χ4v) is 5.84. The standard InChI is InChI=1S/C27H25NO2S/c1-17(2)24-21-13-8-12-19(18-9-4-3-5-10-18)25(21)31-26(24)27(29)28-22-15-16-30-23-14-7-6-11-20(22)23/h3-14,17,22H,15-16H2,1-2H3,(H,28,29)/t22-/m0/s1. The van der Waals surface area contributed by atoms with Crippen LogP contribution in [0.3, 0.4) is 0 Å². The van der Waals surface area contributed by atoms with Gasteiger partial charge in [0, 0.05) is 16.7 Å². The second-order valence-corrected chi connectivity index (χ2v) is 9.27. The largest absolute Gasteiger partial charge is 0.493 e. The average Bonchev–Trinajstić information content (AvgIpc) is 3.20. The second kappa shape index (κ2) is 8.20. The number of hydrogen-bond donors (Lipinski definition) is 1. The molecule has 1 aliphatic rings. The van der Waals surface area contributed by atoms with Gasteiger partial charge in [0.15, 0.2) is 0 Å². The fraction of sp³-hybridized carbons (Fsp3) is 0.222. The maximum absolute atomic E-state index is 13.5. The molecular weight excluding hydrogens is 402 g/mol. The summed E-state index contributed by atoms with van der Waals surface area (Å²) < 4.78 is 6.94. The van der Waals surface area contributed by atoms with E-state index in [1.807, 2.05) is 30.3 Å². The number of ether oxygens (including phenoxy) is 1. The van der Waals surface area contributed by atoms with E-state index in [1.165, 1.54) is 21.2 Å². The van der Waals surface area contributed by atoms with E-state index in [9.17, 15) is 4.79 Å². The molecule has 1 N–H and O–H groups in total. The molecular formula is C27H25NO2S. The number of para-hydroxylation sites is 1. The van der Waals surface area contributed by atoms with Crippen LogP contribution in [0.2, 0.25) is 0 Å².